The molecule has 0 aliphatic rings. The third kappa shape index (κ3) is 49.9. The molecule has 0 N–H and O–H groups in total. The minimum absolute atomic E-state index is 0. The molecular formula is C9H21Y2-. The Labute approximate surface area is 125 Å². The van der Waals surface area contributed by atoms with Gasteiger partial charge in [0, 0.05) is 66.8 Å². The number of allylic oxidation sites excluding steroid dienone is 4. The molecule has 11 heavy (non-hydrogen) atoms. The van der Waals surface area contributed by atoms with Crippen LogP contribution in [0.1, 0.15) is 29.1 Å². The predicted molar refractivity (Wildman–Crippen MR) is 49.5 cm³/mol. The van der Waals surface area contributed by atoms with Gasteiger partial charge in [0.05, 0.1) is 0 Å². The Morgan fingerprint density at radius 2 is 1.00 bits per heavy atom. The Hall–Kier alpha value is 1.69. The molecule has 0 heterocycles. The fourth-order valence-corrected chi connectivity index (χ4v) is 0.222. The molecule has 0 rings (SSSR count). The SMILES string of the molecule is C/C=C\C=C/C.CC.[2HH].[CH3-].[Y].[Y]. The van der Waals surface area contributed by atoms with E-state index in [0.717, 1.165) is 0 Å². The quantitative estimate of drug-likeness (QED) is 0.510. The Bertz CT molecular complexity index is 60.9. The Balaban J connectivity index is -0.0000000140. The van der Waals surface area contributed by atoms with Crippen molar-refractivity contribution in [2.24, 2.45) is 0 Å². The first-order valence-electron chi connectivity index (χ1n) is 3.15. The second-order valence-electron chi connectivity index (χ2n) is 1.05. The summed E-state index contributed by atoms with van der Waals surface area (Å²) in [6.45, 7) is 8.00. The van der Waals surface area contributed by atoms with E-state index >= 15 is 0 Å². The molecule has 0 saturated carbocycles. The molecule has 0 aromatic rings. The number of hydrogen-bond acceptors (Lipinski definition) is 0. The van der Waals surface area contributed by atoms with Crippen LogP contribution < -0.4 is 0 Å². The molecule has 0 aliphatic carbocycles. The van der Waals surface area contributed by atoms with Gasteiger partial charge in [0.15, 0.2) is 0 Å². The zero-order chi connectivity index (χ0) is 6.83. The maximum atomic E-state index is 2.00. The molecule has 0 nitrogen and oxygen atoms in total. The third-order valence-electron chi connectivity index (χ3n) is 0.496. The van der Waals surface area contributed by atoms with E-state index in [1.165, 1.54) is 0 Å². The van der Waals surface area contributed by atoms with Gasteiger partial charge in [0.1, 0.15) is 0 Å². The van der Waals surface area contributed by atoms with E-state index in [1.807, 2.05) is 52.0 Å². The third-order valence-corrected chi connectivity index (χ3v) is 0.496. The van der Waals surface area contributed by atoms with Crippen molar-refractivity contribution >= 4 is 0 Å². The number of hydrogen-bond donors (Lipinski definition) is 0. The zero-order valence-corrected chi connectivity index (χ0v) is 14.1. The predicted octanol–water partition coefficient (Wildman–Crippen LogP) is 3.86. The van der Waals surface area contributed by atoms with Crippen LogP contribution in [0.3, 0.4) is 0 Å². The van der Waals surface area contributed by atoms with Gasteiger partial charge in [-0.05, 0) is 13.8 Å². The van der Waals surface area contributed by atoms with E-state index in [9.17, 15) is 0 Å². The summed E-state index contributed by atoms with van der Waals surface area (Å²) in [4.78, 5) is 0. The van der Waals surface area contributed by atoms with E-state index in [-0.39, 0.29) is 74.3 Å². The second kappa shape index (κ2) is 41.3. The minimum atomic E-state index is 0. The van der Waals surface area contributed by atoms with E-state index in [0.29, 0.717) is 0 Å². The fourth-order valence-electron chi connectivity index (χ4n) is 0.222. The number of rotatable bonds is 1. The van der Waals surface area contributed by atoms with Crippen molar-refractivity contribution in [3.8, 4) is 0 Å². The molecule has 0 unspecified atom stereocenters. The summed E-state index contributed by atoms with van der Waals surface area (Å²) < 4.78 is 0. The standard InChI is InChI=1S/C6H10.C2H6.CH3.2Y.H2/c1-3-5-6-4-2;1-2;;;;/h3-6H,1-2H3;1-2H3;1H3;;;1H/q;;-1;;;/b5-3-,6-4-;;;;;/i;;;;;1+1. The summed E-state index contributed by atoms with van der Waals surface area (Å²) in [7, 11) is 0. The van der Waals surface area contributed by atoms with Crippen LogP contribution in [0, 0.1) is 7.43 Å². The van der Waals surface area contributed by atoms with Gasteiger partial charge in [-0.15, -0.1) is 0 Å². The first kappa shape index (κ1) is 29.3. The normalized spacial score (nSPS) is 6.91. The molecule has 2 heteroatoms. The van der Waals surface area contributed by atoms with E-state index in [2.05, 4.69) is 0 Å². The van der Waals surface area contributed by atoms with Gasteiger partial charge in [-0.2, -0.15) is 0 Å². The van der Waals surface area contributed by atoms with Crippen LogP contribution in [-0.4, -0.2) is 0 Å². The largest absolute Gasteiger partial charge is 0.358 e. The summed E-state index contributed by atoms with van der Waals surface area (Å²) >= 11 is 0. The van der Waals surface area contributed by atoms with Crippen LogP contribution in [0.2, 0.25) is 0 Å². The van der Waals surface area contributed by atoms with E-state index in [1.54, 1.807) is 0 Å². The maximum Gasteiger partial charge on any atom is 0 e. The molecule has 0 aromatic heterocycles. The van der Waals surface area contributed by atoms with Crippen molar-refractivity contribution in [1.29, 1.82) is 0 Å². The Morgan fingerprint density at radius 1 is 0.818 bits per heavy atom. The molecular weight excluding hydrogens is 286 g/mol. The van der Waals surface area contributed by atoms with Crippen molar-refractivity contribution < 1.29 is 66.8 Å². The summed E-state index contributed by atoms with van der Waals surface area (Å²) in [5, 5.41) is 0. The van der Waals surface area contributed by atoms with Gasteiger partial charge in [-0.25, -0.2) is 0 Å². The van der Waals surface area contributed by atoms with Crippen molar-refractivity contribution in [1.82, 2.24) is 0 Å². The van der Waals surface area contributed by atoms with Crippen molar-refractivity contribution in [2.75, 3.05) is 0 Å². The molecule has 64 valence electrons. The van der Waals surface area contributed by atoms with Crippen molar-refractivity contribution in [3.05, 3.63) is 31.7 Å². The monoisotopic (exact) mass is 308 g/mol. The van der Waals surface area contributed by atoms with E-state index in [4.69, 9.17) is 0 Å². The van der Waals surface area contributed by atoms with Crippen LogP contribution in [0.25, 0.3) is 0 Å². The molecule has 0 aliphatic heterocycles. The average Bonchev–Trinajstić information content (AvgIpc) is 1.88. The summed E-state index contributed by atoms with van der Waals surface area (Å²) in [6.07, 6.45) is 8.00. The smallest absolute Gasteiger partial charge is 0 e. The molecule has 0 atom stereocenters. The van der Waals surface area contributed by atoms with Crippen LogP contribution in [0.15, 0.2) is 24.3 Å². The van der Waals surface area contributed by atoms with Crippen LogP contribution in [0.4, 0.5) is 0 Å². The van der Waals surface area contributed by atoms with Gasteiger partial charge >= 0.3 is 0 Å². The van der Waals surface area contributed by atoms with Crippen molar-refractivity contribution in [3.63, 3.8) is 0 Å². The van der Waals surface area contributed by atoms with E-state index < -0.39 is 0 Å². The second-order valence-corrected chi connectivity index (χ2v) is 1.05. The summed E-state index contributed by atoms with van der Waals surface area (Å²) in [5.74, 6) is 0. The fraction of sp³-hybridized carbons (Fsp3) is 0.444. The van der Waals surface area contributed by atoms with Gasteiger partial charge in [0.2, 0.25) is 0 Å². The molecule has 2 radical (unpaired) electrons. The molecule has 0 amide bonds. The summed E-state index contributed by atoms with van der Waals surface area (Å²) in [5.41, 5.74) is 0. The average molecular weight is 308 g/mol. The van der Waals surface area contributed by atoms with Gasteiger partial charge in [-0.3, -0.25) is 0 Å². The maximum absolute atomic E-state index is 2.00. The minimum Gasteiger partial charge on any atom is -0.358 e. The molecule has 0 aromatic carbocycles. The molecule has 0 saturated heterocycles. The molecule has 0 fully saturated rings. The zero-order valence-electron chi connectivity index (χ0n) is 8.46. The first-order chi connectivity index (χ1) is 3.91. The topological polar surface area (TPSA) is 0 Å². The first-order valence-corrected chi connectivity index (χ1v) is 3.15. The molecule has 0 bridgehead atoms. The van der Waals surface area contributed by atoms with Gasteiger partial charge in [0.25, 0.3) is 0 Å². The van der Waals surface area contributed by atoms with Gasteiger partial charge < -0.3 is 7.43 Å². The Morgan fingerprint density at radius 3 is 1.09 bits per heavy atom. The van der Waals surface area contributed by atoms with Gasteiger partial charge in [-0.1, -0.05) is 38.2 Å². The summed E-state index contributed by atoms with van der Waals surface area (Å²) in [6, 6.07) is 0. The van der Waals surface area contributed by atoms with Crippen LogP contribution >= 0.6 is 0 Å². The molecule has 0 spiro atoms. The van der Waals surface area contributed by atoms with Crippen molar-refractivity contribution in [2.45, 2.75) is 27.7 Å². The Kier molecular flexibility index (Phi) is 110. The van der Waals surface area contributed by atoms with Crippen LogP contribution in [0.5, 0.6) is 0 Å². The van der Waals surface area contributed by atoms with Crippen LogP contribution in [-0.2, 0) is 65.4 Å².